The van der Waals surface area contributed by atoms with E-state index in [9.17, 15) is 18.0 Å². The van der Waals surface area contributed by atoms with Crippen molar-refractivity contribution in [2.75, 3.05) is 11.4 Å². The van der Waals surface area contributed by atoms with Crippen molar-refractivity contribution in [1.82, 2.24) is 14.3 Å². The second-order valence-corrected chi connectivity index (χ2v) is 15.2. The Bertz CT molecular complexity index is 1790. The molecule has 2 aromatic heterocycles. The van der Waals surface area contributed by atoms with E-state index in [-0.39, 0.29) is 23.8 Å². The number of amides is 1. The van der Waals surface area contributed by atoms with Crippen molar-refractivity contribution in [3.05, 3.63) is 108 Å². The Morgan fingerprint density at radius 1 is 0.787 bits per heavy atom. The average molecular weight is 679 g/mol. The molecule has 10 nitrogen and oxygen atoms in total. The van der Waals surface area contributed by atoms with Crippen molar-refractivity contribution < 1.29 is 27.5 Å². The van der Waals surface area contributed by atoms with Crippen LogP contribution in [-0.2, 0) is 37.4 Å². The lowest BCUT2D eigenvalue weighted by atomic mass is 10.0. The van der Waals surface area contributed by atoms with Crippen LogP contribution in [0.3, 0.4) is 0 Å². The Hall–Kier alpha value is -4.32. The molecular weight excluding hydrogens is 640 g/mol. The molecule has 47 heavy (non-hydrogen) atoms. The highest BCUT2D eigenvalue weighted by atomic mass is 35.5. The van der Waals surface area contributed by atoms with Crippen LogP contribution in [0.5, 0.6) is 0 Å². The van der Waals surface area contributed by atoms with E-state index >= 15 is 0 Å². The van der Waals surface area contributed by atoms with Crippen LogP contribution < -0.4 is 4.90 Å². The molecule has 0 aliphatic heterocycles. The summed E-state index contributed by atoms with van der Waals surface area (Å²) in [6, 6.07) is 22.9. The van der Waals surface area contributed by atoms with Crippen LogP contribution in [0.4, 0.5) is 10.6 Å². The minimum absolute atomic E-state index is 0.0225. The van der Waals surface area contributed by atoms with E-state index in [1.807, 2.05) is 48.5 Å². The number of sulfonamides is 1. The highest BCUT2D eigenvalue weighted by molar-refractivity contribution is 7.89. The molecule has 0 aliphatic carbocycles. The number of anilines is 1. The van der Waals surface area contributed by atoms with Crippen molar-refractivity contribution in [2.24, 2.45) is 0 Å². The molecule has 1 amide bonds. The maximum Gasteiger partial charge on any atom is 0.416 e. The number of halogens is 1. The van der Waals surface area contributed by atoms with Gasteiger partial charge in [-0.05, 0) is 94.6 Å². The van der Waals surface area contributed by atoms with E-state index in [1.54, 1.807) is 65.8 Å². The third-order valence-corrected chi connectivity index (χ3v) is 8.52. The Balaban J connectivity index is 1.67. The number of nitrogens with zero attached hydrogens (tertiary/aromatic N) is 4. The van der Waals surface area contributed by atoms with Gasteiger partial charge in [0.05, 0.1) is 12.2 Å². The lowest BCUT2D eigenvalue weighted by Crippen LogP contribution is -2.42. The average Bonchev–Trinajstić information content (AvgIpc) is 2.99. The van der Waals surface area contributed by atoms with Crippen molar-refractivity contribution in [3.8, 4) is 11.1 Å². The number of carbonyl (C=O) groups excluding carboxylic acids is 2. The van der Waals surface area contributed by atoms with E-state index in [0.717, 1.165) is 21.6 Å². The molecule has 2 heterocycles. The first-order chi connectivity index (χ1) is 22.0. The number of benzene rings is 2. The van der Waals surface area contributed by atoms with Crippen LogP contribution >= 0.6 is 11.6 Å². The molecular formula is C35H39ClN4O6S. The number of hydrogen-bond donors (Lipinski definition) is 0. The molecule has 0 radical (unpaired) electrons. The van der Waals surface area contributed by atoms with Gasteiger partial charge >= 0.3 is 12.1 Å². The van der Waals surface area contributed by atoms with Gasteiger partial charge in [0.15, 0.2) is 0 Å². The molecule has 0 bridgehead atoms. The summed E-state index contributed by atoms with van der Waals surface area (Å²) in [5.74, 6) is -0.549. The molecule has 4 rings (SSSR count). The fourth-order valence-electron chi connectivity index (χ4n) is 4.47. The predicted octanol–water partition coefficient (Wildman–Crippen LogP) is 7.27. The van der Waals surface area contributed by atoms with Gasteiger partial charge in [0.25, 0.3) is 0 Å². The zero-order valence-electron chi connectivity index (χ0n) is 27.3. The predicted molar refractivity (Wildman–Crippen MR) is 181 cm³/mol. The number of pyridine rings is 2. The lowest BCUT2D eigenvalue weighted by Gasteiger charge is -2.28. The number of aromatic nitrogens is 2. The Morgan fingerprint density at radius 3 is 1.98 bits per heavy atom. The first-order valence-electron chi connectivity index (χ1n) is 14.9. The van der Waals surface area contributed by atoms with Gasteiger partial charge in [0.2, 0.25) is 10.0 Å². The smallest absolute Gasteiger partial charge is 0.416 e. The zero-order valence-corrected chi connectivity index (χ0v) is 28.9. The normalized spacial score (nSPS) is 12.1. The van der Waals surface area contributed by atoms with Gasteiger partial charge in [0.1, 0.15) is 28.5 Å². The number of esters is 1. The zero-order chi connectivity index (χ0) is 34.4. The Morgan fingerprint density at radius 2 is 1.40 bits per heavy atom. The van der Waals surface area contributed by atoms with Crippen LogP contribution in [0.25, 0.3) is 11.1 Å². The first-order valence-corrected chi connectivity index (χ1v) is 16.8. The van der Waals surface area contributed by atoms with Crippen LogP contribution in [0.15, 0.2) is 96.2 Å². The second kappa shape index (κ2) is 14.6. The van der Waals surface area contributed by atoms with Crippen molar-refractivity contribution >= 4 is 39.5 Å². The standard InChI is InChI=1S/C35H39ClN4O6S/c1-34(2,3)45-32(41)24-40(33(42)46-35(4,5)6)31-11-7-9-29(38-31)23-39(47(43,44)30-10-8-20-37-21-30)22-25-12-14-26(15-13-25)27-16-18-28(36)19-17-27/h7-21H,22-24H2,1-6H3. The second-order valence-electron chi connectivity index (χ2n) is 12.8. The molecule has 0 aliphatic rings. The fourth-order valence-corrected chi connectivity index (χ4v) is 5.96. The summed E-state index contributed by atoms with van der Waals surface area (Å²) < 4.78 is 40.2. The molecule has 0 N–H and O–H groups in total. The summed E-state index contributed by atoms with van der Waals surface area (Å²) in [6.45, 7) is 9.74. The SMILES string of the molecule is CC(C)(C)OC(=O)CN(C(=O)OC(C)(C)C)c1cccc(CN(Cc2ccc(-c3ccc(Cl)cc3)cc2)S(=O)(=O)c2cccnc2)n1. The molecule has 0 fully saturated rings. The molecule has 12 heteroatoms. The first kappa shape index (κ1) is 35.5. The minimum atomic E-state index is -4.04. The topological polar surface area (TPSA) is 119 Å². The number of ether oxygens (including phenoxy) is 2. The summed E-state index contributed by atoms with van der Waals surface area (Å²) in [4.78, 5) is 35.8. The van der Waals surface area contributed by atoms with Crippen molar-refractivity contribution in [2.45, 2.75) is 70.7 Å². The molecule has 0 saturated heterocycles. The molecule has 248 valence electrons. The van der Waals surface area contributed by atoms with Gasteiger partial charge in [-0.25, -0.2) is 18.2 Å². The van der Waals surface area contributed by atoms with Gasteiger partial charge in [-0.15, -0.1) is 0 Å². The molecule has 0 unspecified atom stereocenters. The quantitative estimate of drug-likeness (QED) is 0.161. The third kappa shape index (κ3) is 10.3. The van der Waals surface area contributed by atoms with Crippen LogP contribution in [0.2, 0.25) is 5.02 Å². The van der Waals surface area contributed by atoms with E-state index in [1.165, 1.54) is 22.8 Å². The van der Waals surface area contributed by atoms with Gasteiger partial charge in [-0.2, -0.15) is 4.31 Å². The van der Waals surface area contributed by atoms with Crippen LogP contribution in [0.1, 0.15) is 52.8 Å². The number of hydrogen-bond acceptors (Lipinski definition) is 8. The van der Waals surface area contributed by atoms with E-state index in [2.05, 4.69) is 9.97 Å². The molecule has 0 saturated carbocycles. The summed E-state index contributed by atoms with van der Waals surface area (Å²) in [5, 5.41) is 0.637. The van der Waals surface area contributed by atoms with Crippen LogP contribution in [0, 0.1) is 0 Å². The van der Waals surface area contributed by atoms with Gasteiger partial charge < -0.3 is 9.47 Å². The fraction of sp³-hybridized carbons (Fsp3) is 0.314. The van der Waals surface area contributed by atoms with E-state index in [0.29, 0.717) is 10.7 Å². The maximum absolute atomic E-state index is 13.9. The van der Waals surface area contributed by atoms with E-state index in [4.69, 9.17) is 21.1 Å². The summed E-state index contributed by atoms with van der Waals surface area (Å²) in [7, 11) is -4.04. The highest BCUT2D eigenvalue weighted by Crippen LogP contribution is 2.25. The third-order valence-electron chi connectivity index (χ3n) is 6.49. The monoisotopic (exact) mass is 678 g/mol. The molecule has 2 aromatic carbocycles. The minimum Gasteiger partial charge on any atom is -0.459 e. The number of rotatable bonds is 10. The Kier molecular flexibility index (Phi) is 11.1. The van der Waals surface area contributed by atoms with E-state index < -0.39 is 39.8 Å². The molecule has 4 aromatic rings. The highest BCUT2D eigenvalue weighted by Gasteiger charge is 2.30. The summed E-state index contributed by atoms with van der Waals surface area (Å²) in [5.41, 5.74) is 1.38. The summed E-state index contributed by atoms with van der Waals surface area (Å²) in [6.07, 6.45) is 1.99. The molecule has 0 atom stereocenters. The van der Waals surface area contributed by atoms with Gasteiger partial charge in [-0.3, -0.25) is 14.7 Å². The number of carbonyl (C=O) groups is 2. The Labute approximate surface area is 281 Å². The largest absolute Gasteiger partial charge is 0.459 e. The van der Waals surface area contributed by atoms with Crippen molar-refractivity contribution in [3.63, 3.8) is 0 Å². The van der Waals surface area contributed by atoms with Crippen molar-refractivity contribution in [1.29, 1.82) is 0 Å². The molecule has 0 spiro atoms. The van der Waals surface area contributed by atoms with Crippen LogP contribution in [-0.4, -0.2) is 52.5 Å². The van der Waals surface area contributed by atoms with Gasteiger partial charge in [0, 0.05) is 24.0 Å². The van der Waals surface area contributed by atoms with Gasteiger partial charge in [-0.1, -0.05) is 54.1 Å². The maximum atomic E-state index is 13.9. The lowest BCUT2D eigenvalue weighted by molar-refractivity contribution is -0.153. The summed E-state index contributed by atoms with van der Waals surface area (Å²) >= 11 is 6.04.